The van der Waals surface area contributed by atoms with Crippen molar-refractivity contribution in [1.29, 1.82) is 0 Å². The number of methoxy groups -OCH3 is 3. The van der Waals surface area contributed by atoms with Gasteiger partial charge in [-0.15, -0.1) is 0 Å². The van der Waals surface area contributed by atoms with Gasteiger partial charge in [-0.05, 0) is 48.0 Å². The molecule has 0 N–H and O–H groups in total. The first-order chi connectivity index (χ1) is 17.9. The summed E-state index contributed by atoms with van der Waals surface area (Å²) in [6, 6.07) is 19.0. The number of amides is 2. The third-order valence-corrected chi connectivity index (χ3v) is 8.34. The number of hydrogen-bond acceptors (Lipinski definition) is 8. The Morgan fingerprint density at radius 1 is 0.892 bits per heavy atom. The van der Waals surface area contributed by atoms with Crippen molar-refractivity contribution in [2.75, 3.05) is 32.8 Å². The lowest BCUT2D eigenvalue weighted by molar-refractivity contribution is -0.127. The van der Waals surface area contributed by atoms with E-state index in [9.17, 15) is 9.59 Å². The van der Waals surface area contributed by atoms with Crippen LogP contribution in [0.2, 0.25) is 0 Å². The molecule has 0 unspecified atom stereocenters. The summed E-state index contributed by atoms with van der Waals surface area (Å²) >= 11 is 8.28. The number of thioether (sulfide) groups is 1. The lowest BCUT2D eigenvalue weighted by Gasteiger charge is -2.32. The van der Waals surface area contributed by atoms with Crippen LogP contribution in [0.5, 0.6) is 17.2 Å². The Labute approximate surface area is 228 Å². The Morgan fingerprint density at radius 2 is 1.46 bits per heavy atom. The zero-order valence-electron chi connectivity index (χ0n) is 20.2. The van der Waals surface area contributed by atoms with Crippen molar-refractivity contribution < 1.29 is 23.8 Å². The van der Waals surface area contributed by atoms with Crippen LogP contribution < -0.4 is 19.1 Å². The quantitative estimate of drug-likeness (QED) is 0.284. The largest absolute Gasteiger partial charge is 0.493 e. The fourth-order valence-electron chi connectivity index (χ4n) is 4.15. The predicted molar refractivity (Wildman–Crippen MR) is 150 cm³/mol. The second kappa shape index (κ2) is 10.5. The topological polar surface area (TPSA) is 68.3 Å². The molecule has 2 heterocycles. The summed E-state index contributed by atoms with van der Waals surface area (Å²) in [5.74, 6) is 0.828. The number of rotatable bonds is 6. The number of nitrogens with zero attached hydrogens (tertiary/aromatic N) is 2. The molecule has 0 aliphatic carbocycles. The number of thiocarbonyl (C=S) groups is 1. The highest BCUT2D eigenvalue weighted by molar-refractivity contribution is 8.26. The maximum absolute atomic E-state index is 13.7. The summed E-state index contributed by atoms with van der Waals surface area (Å²) < 4.78 is 16.5. The third-order valence-electron chi connectivity index (χ3n) is 5.83. The second-order valence-corrected chi connectivity index (χ2v) is 10.8. The zero-order chi connectivity index (χ0) is 26.1. The van der Waals surface area contributed by atoms with Crippen molar-refractivity contribution in [3.63, 3.8) is 0 Å². The monoisotopic (exact) mass is 550 g/mol. The van der Waals surface area contributed by atoms with Crippen molar-refractivity contribution in [3.8, 4) is 17.2 Å². The van der Waals surface area contributed by atoms with E-state index in [0.29, 0.717) is 32.0 Å². The van der Waals surface area contributed by atoms with Gasteiger partial charge in [0.2, 0.25) is 5.75 Å². The van der Waals surface area contributed by atoms with Crippen LogP contribution in [0, 0.1) is 0 Å². The molecule has 0 atom stereocenters. The molecule has 1 saturated heterocycles. The molecule has 188 valence electrons. The van der Waals surface area contributed by atoms with Gasteiger partial charge < -0.3 is 14.2 Å². The zero-order valence-corrected chi connectivity index (χ0v) is 22.7. The van der Waals surface area contributed by atoms with Gasteiger partial charge in [-0.1, -0.05) is 60.0 Å². The van der Waals surface area contributed by atoms with Crippen molar-refractivity contribution in [1.82, 2.24) is 4.90 Å². The Hall–Kier alpha value is -3.47. The standard InChI is InChI=1S/C27H22N2O5S3/c1-32-19-12-16(13-20(33-2)25(19)34-3)14-23-26(31)28(27(35)37-23)15-24(30)29-17-8-4-6-10-21(17)36-22-11-7-5-9-18(22)29/h4-14H,15H2,1-3H3. The summed E-state index contributed by atoms with van der Waals surface area (Å²) in [5, 5.41) is 0. The van der Waals surface area contributed by atoms with Crippen LogP contribution in [0.3, 0.4) is 0 Å². The number of fused-ring (bicyclic) bond motifs is 2. The molecule has 0 aromatic heterocycles. The molecule has 3 aromatic rings. The molecule has 7 nitrogen and oxygen atoms in total. The average molecular weight is 551 g/mol. The van der Waals surface area contributed by atoms with E-state index in [1.54, 1.807) is 34.9 Å². The normalized spacial score (nSPS) is 15.5. The summed E-state index contributed by atoms with van der Waals surface area (Å²) in [4.78, 5) is 32.4. The molecule has 2 aliphatic rings. The molecule has 0 saturated carbocycles. The minimum atomic E-state index is -0.329. The van der Waals surface area contributed by atoms with Crippen LogP contribution in [0.15, 0.2) is 75.4 Å². The van der Waals surface area contributed by atoms with Gasteiger partial charge in [-0.3, -0.25) is 19.4 Å². The third kappa shape index (κ3) is 4.68. The van der Waals surface area contributed by atoms with Crippen molar-refractivity contribution in [2.24, 2.45) is 0 Å². The molecular formula is C27H22N2O5S3. The minimum Gasteiger partial charge on any atom is -0.493 e. The average Bonchev–Trinajstić information content (AvgIpc) is 3.17. The first-order valence-corrected chi connectivity index (χ1v) is 13.2. The van der Waals surface area contributed by atoms with Gasteiger partial charge in [0.15, 0.2) is 11.5 Å². The number of ether oxygens (including phenoxy) is 3. The van der Waals surface area contributed by atoms with Crippen LogP contribution in [-0.4, -0.2) is 48.9 Å². The van der Waals surface area contributed by atoms with E-state index >= 15 is 0 Å². The highest BCUT2D eigenvalue weighted by Crippen LogP contribution is 2.48. The van der Waals surface area contributed by atoms with Gasteiger partial charge in [0.05, 0.1) is 37.6 Å². The molecule has 3 aromatic carbocycles. The Morgan fingerprint density at radius 3 is 2.00 bits per heavy atom. The summed E-state index contributed by atoms with van der Waals surface area (Å²) in [6.07, 6.45) is 1.70. The van der Waals surface area contributed by atoms with Crippen molar-refractivity contribution in [2.45, 2.75) is 9.79 Å². The van der Waals surface area contributed by atoms with Crippen LogP contribution in [0.4, 0.5) is 11.4 Å². The van der Waals surface area contributed by atoms with E-state index in [4.69, 9.17) is 26.4 Å². The van der Waals surface area contributed by atoms with Gasteiger partial charge in [0.25, 0.3) is 11.8 Å². The van der Waals surface area contributed by atoms with Gasteiger partial charge in [0, 0.05) is 9.79 Å². The van der Waals surface area contributed by atoms with E-state index < -0.39 is 0 Å². The van der Waals surface area contributed by atoms with Gasteiger partial charge in [-0.25, -0.2) is 0 Å². The number of carbonyl (C=O) groups excluding carboxylic acids is 2. The molecule has 0 radical (unpaired) electrons. The molecule has 2 aliphatic heterocycles. The van der Waals surface area contributed by atoms with Crippen LogP contribution in [0.25, 0.3) is 6.08 Å². The van der Waals surface area contributed by atoms with Crippen molar-refractivity contribution in [3.05, 3.63) is 71.1 Å². The predicted octanol–water partition coefficient (Wildman–Crippen LogP) is 5.74. The maximum Gasteiger partial charge on any atom is 0.266 e. The number of anilines is 2. The summed E-state index contributed by atoms with van der Waals surface area (Å²) in [7, 11) is 4.59. The van der Waals surface area contributed by atoms with E-state index in [2.05, 4.69) is 0 Å². The SMILES string of the molecule is COc1cc(C=C2SC(=S)N(CC(=O)N3c4ccccc4Sc4ccccc43)C2=O)cc(OC)c1OC. The van der Waals surface area contributed by atoms with E-state index in [1.165, 1.54) is 26.2 Å². The molecule has 37 heavy (non-hydrogen) atoms. The Kier molecular flexibility index (Phi) is 7.14. The second-order valence-electron chi connectivity index (χ2n) is 7.99. The molecule has 0 bridgehead atoms. The number of para-hydroxylation sites is 2. The molecule has 0 spiro atoms. The maximum atomic E-state index is 13.7. The fourth-order valence-corrected chi connectivity index (χ4v) is 6.46. The Bertz CT molecular complexity index is 1380. The number of hydrogen-bond donors (Lipinski definition) is 0. The van der Waals surface area contributed by atoms with Crippen molar-refractivity contribution >= 4 is 69.3 Å². The smallest absolute Gasteiger partial charge is 0.266 e. The highest BCUT2D eigenvalue weighted by Gasteiger charge is 2.36. The first kappa shape index (κ1) is 25.2. The van der Waals surface area contributed by atoms with Crippen LogP contribution >= 0.6 is 35.7 Å². The van der Waals surface area contributed by atoms with Gasteiger partial charge >= 0.3 is 0 Å². The lowest BCUT2D eigenvalue weighted by atomic mass is 10.1. The summed E-state index contributed by atoms with van der Waals surface area (Å²) in [5.41, 5.74) is 2.25. The molecule has 10 heteroatoms. The number of carbonyl (C=O) groups is 2. The number of benzene rings is 3. The molecular weight excluding hydrogens is 529 g/mol. The molecule has 1 fully saturated rings. The Balaban J connectivity index is 1.43. The molecule has 5 rings (SSSR count). The first-order valence-electron chi connectivity index (χ1n) is 11.2. The van der Waals surface area contributed by atoms with E-state index in [-0.39, 0.29) is 18.4 Å². The minimum absolute atomic E-state index is 0.176. The van der Waals surface area contributed by atoms with Gasteiger partial charge in [0.1, 0.15) is 10.9 Å². The molecule has 2 amide bonds. The van der Waals surface area contributed by atoms with Crippen LogP contribution in [-0.2, 0) is 9.59 Å². The highest BCUT2D eigenvalue weighted by atomic mass is 32.2. The van der Waals surface area contributed by atoms with Gasteiger partial charge in [-0.2, -0.15) is 0 Å². The fraction of sp³-hybridized carbons (Fsp3) is 0.148. The van der Waals surface area contributed by atoms with Crippen LogP contribution in [0.1, 0.15) is 5.56 Å². The lowest BCUT2D eigenvalue weighted by Crippen LogP contribution is -2.41. The van der Waals surface area contributed by atoms with E-state index in [1.807, 2.05) is 48.5 Å². The van der Waals surface area contributed by atoms with E-state index in [0.717, 1.165) is 32.9 Å². The summed E-state index contributed by atoms with van der Waals surface area (Å²) in [6.45, 7) is -0.176.